The Morgan fingerprint density at radius 2 is 2.62 bits per heavy atom. The molecule has 8 heavy (non-hydrogen) atoms. The molecule has 1 heterocycles. The lowest BCUT2D eigenvalue weighted by atomic mass is 11.3. The van der Waals surface area contributed by atoms with Gasteiger partial charge in [-0.25, -0.2) is 5.43 Å². The van der Waals surface area contributed by atoms with Crippen LogP contribution in [-0.4, -0.2) is 26.7 Å². The van der Waals surface area contributed by atoms with Gasteiger partial charge in [0, 0.05) is 0 Å². The first kappa shape index (κ1) is 4.69. The van der Waals surface area contributed by atoms with E-state index < -0.39 is 0 Å². The normalized spacial score (nSPS) is 8.50. The Morgan fingerprint density at radius 1 is 1.75 bits per heavy atom. The van der Waals surface area contributed by atoms with Crippen LogP contribution in [0.1, 0.15) is 0 Å². The van der Waals surface area contributed by atoms with Crippen LogP contribution < -0.4 is 5.43 Å². The second-order valence-electron chi connectivity index (χ2n) is 0.968. The summed E-state index contributed by atoms with van der Waals surface area (Å²) in [5.74, 6) is 0. The highest BCUT2D eigenvalue weighted by molar-refractivity contribution is 5.56. The number of tetrazole rings is 1. The van der Waals surface area contributed by atoms with Gasteiger partial charge in [-0.1, -0.05) is 0 Å². The molecule has 0 fully saturated rings. The molecule has 1 aromatic heterocycles. The third-order valence-corrected chi connectivity index (χ3v) is 0.509. The Kier molecular flexibility index (Phi) is 1.18. The smallest absolute Gasteiger partial charge is 0.262 e. The van der Waals surface area contributed by atoms with E-state index in [4.69, 9.17) is 0 Å². The topological polar surface area (TPSA) is 72.7 Å². The Morgan fingerprint density at radius 3 is 3.12 bits per heavy atom. The maximum atomic E-state index is 9.52. The van der Waals surface area contributed by atoms with E-state index in [1.807, 2.05) is 0 Å². The van der Waals surface area contributed by atoms with E-state index in [0.717, 1.165) is 4.79 Å². The van der Waals surface area contributed by atoms with Gasteiger partial charge in [-0.05, 0) is 10.4 Å². The summed E-state index contributed by atoms with van der Waals surface area (Å²) in [6.45, 7) is 0. The Bertz CT molecular complexity index is 157. The maximum absolute atomic E-state index is 9.52. The zero-order valence-electron chi connectivity index (χ0n) is 3.77. The molecular formula is C2H2N5O. The summed E-state index contributed by atoms with van der Waals surface area (Å²) in [5.41, 5.74) is 2.06. The first-order chi connectivity index (χ1) is 3.93. The summed E-state index contributed by atoms with van der Waals surface area (Å²) in [6, 6.07) is 0. The van der Waals surface area contributed by atoms with Gasteiger partial charge >= 0.3 is 6.41 Å². The van der Waals surface area contributed by atoms with E-state index in [0.29, 0.717) is 0 Å². The van der Waals surface area contributed by atoms with Crippen LogP contribution in [0.15, 0.2) is 6.33 Å². The van der Waals surface area contributed by atoms with Gasteiger partial charge in [-0.15, -0.1) is 9.89 Å². The van der Waals surface area contributed by atoms with Crippen molar-refractivity contribution in [2.75, 3.05) is 5.43 Å². The quantitative estimate of drug-likeness (QED) is 0.462. The predicted octanol–water partition coefficient (Wildman–Crippen LogP) is -1.72. The van der Waals surface area contributed by atoms with Crippen molar-refractivity contribution >= 4 is 6.41 Å². The minimum Gasteiger partial charge on any atom is -0.262 e. The van der Waals surface area contributed by atoms with E-state index in [2.05, 4.69) is 21.0 Å². The summed E-state index contributed by atoms with van der Waals surface area (Å²) < 4.78 is 0. The molecule has 0 aromatic carbocycles. The Labute approximate surface area is 44.5 Å². The minimum atomic E-state index is 1.03. The van der Waals surface area contributed by atoms with Crippen molar-refractivity contribution in [2.24, 2.45) is 0 Å². The highest BCUT2D eigenvalue weighted by Crippen LogP contribution is 1.61. The number of carbonyl (C=O) groups excluding carboxylic acids is 1. The lowest BCUT2D eigenvalue weighted by Crippen LogP contribution is -2.12. The SMILES string of the molecule is O=[C]Nn1cnnn1. The van der Waals surface area contributed by atoms with E-state index >= 15 is 0 Å². The molecule has 1 aromatic rings. The summed E-state index contributed by atoms with van der Waals surface area (Å²) in [7, 11) is 0. The van der Waals surface area contributed by atoms with Gasteiger partial charge in [0.2, 0.25) is 0 Å². The Balaban J connectivity index is 2.62. The highest BCUT2D eigenvalue weighted by atomic mass is 16.1. The van der Waals surface area contributed by atoms with E-state index in [9.17, 15) is 4.79 Å². The molecule has 0 aliphatic rings. The molecule has 1 N–H and O–H groups in total. The van der Waals surface area contributed by atoms with Crippen LogP contribution in [-0.2, 0) is 4.79 Å². The standard InChI is InChI=1S/C2H2N5O/c8-2-4-7-1-3-5-6-7/h1H,(H,4,8). The molecule has 0 atom stereocenters. The van der Waals surface area contributed by atoms with Crippen LogP contribution >= 0.6 is 0 Å². The van der Waals surface area contributed by atoms with Crippen molar-refractivity contribution in [3.05, 3.63) is 6.33 Å². The van der Waals surface area contributed by atoms with Gasteiger partial charge in [-0.2, -0.15) is 0 Å². The zero-order chi connectivity index (χ0) is 5.82. The lowest BCUT2D eigenvalue weighted by Gasteiger charge is -1.86. The number of nitrogens with one attached hydrogen (secondary N) is 1. The molecule has 0 saturated heterocycles. The van der Waals surface area contributed by atoms with Crippen LogP contribution in [0.4, 0.5) is 0 Å². The molecule has 0 unspecified atom stereocenters. The van der Waals surface area contributed by atoms with E-state index in [-0.39, 0.29) is 0 Å². The van der Waals surface area contributed by atoms with Crippen molar-refractivity contribution in [3.8, 4) is 0 Å². The fourth-order valence-corrected chi connectivity index (χ4v) is 0.259. The largest absolute Gasteiger partial charge is 0.331 e. The molecule has 0 saturated carbocycles. The van der Waals surface area contributed by atoms with E-state index in [1.54, 1.807) is 0 Å². The third kappa shape index (κ3) is 0.780. The molecule has 0 aliphatic heterocycles. The third-order valence-electron chi connectivity index (χ3n) is 0.509. The van der Waals surface area contributed by atoms with Gasteiger partial charge in [-0.3, -0.25) is 4.79 Å². The lowest BCUT2D eigenvalue weighted by molar-refractivity contribution is 0.551. The highest BCUT2D eigenvalue weighted by Gasteiger charge is 1.83. The van der Waals surface area contributed by atoms with Gasteiger partial charge in [0.05, 0.1) is 0 Å². The molecule has 0 bridgehead atoms. The maximum Gasteiger partial charge on any atom is 0.331 e. The van der Waals surface area contributed by atoms with Crippen LogP contribution in [0, 0.1) is 0 Å². The van der Waals surface area contributed by atoms with Crippen molar-refractivity contribution in [1.82, 2.24) is 20.3 Å². The van der Waals surface area contributed by atoms with Crippen LogP contribution in [0.2, 0.25) is 0 Å². The second kappa shape index (κ2) is 2.01. The average molecular weight is 112 g/mol. The predicted molar refractivity (Wildman–Crippen MR) is 22.9 cm³/mol. The van der Waals surface area contributed by atoms with E-state index in [1.165, 1.54) is 12.7 Å². The average Bonchev–Trinajstić information content (AvgIpc) is 2.19. The van der Waals surface area contributed by atoms with Crippen molar-refractivity contribution in [1.29, 1.82) is 0 Å². The molecule has 0 spiro atoms. The first-order valence-electron chi connectivity index (χ1n) is 1.79. The van der Waals surface area contributed by atoms with Crippen molar-refractivity contribution < 1.29 is 4.79 Å². The summed E-state index contributed by atoms with van der Waals surface area (Å²) in [5, 5.41) is 9.75. The summed E-state index contributed by atoms with van der Waals surface area (Å²) >= 11 is 0. The summed E-state index contributed by atoms with van der Waals surface area (Å²) in [4.78, 5) is 10.6. The Hall–Kier alpha value is -1.46. The zero-order valence-corrected chi connectivity index (χ0v) is 3.77. The monoisotopic (exact) mass is 112 g/mol. The van der Waals surface area contributed by atoms with Crippen LogP contribution in [0.3, 0.4) is 0 Å². The van der Waals surface area contributed by atoms with Crippen LogP contribution in [0.5, 0.6) is 0 Å². The minimum absolute atomic E-state index is 1.03. The number of hydrogen-bond donors (Lipinski definition) is 1. The van der Waals surface area contributed by atoms with Crippen molar-refractivity contribution in [3.63, 3.8) is 0 Å². The van der Waals surface area contributed by atoms with Gasteiger partial charge < -0.3 is 0 Å². The van der Waals surface area contributed by atoms with Gasteiger partial charge in [0.1, 0.15) is 0 Å². The molecule has 6 nitrogen and oxygen atoms in total. The summed E-state index contributed by atoms with van der Waals surface area (Å²) in [6.07, 6.45) is 2.63. The van der Waals surface area contributed by atoms with Crippen LogP contribution in [0.25, 0.3) is 0 Å². The molecular weight excluding hydrogens is 110 g/mol. The molecule has 1 amide bonds. The molecule has 0 aliphatic carbocycles. The number of amides is 1. The van der Waals surface area contributed by atoms with Gasteiger partial charge in [0.15, 0.2) is 6.33 Å². The number of nitrogens with zero attached hydrogens (tertiary/aromatic N) is 4. The van der Waals surface area contributed by atoms with Gasteiger partial charge in [0.25, 0.3) is 0 Å². The molecule has 1 radical (unpaired) electrons. The molecule has 6 heteroatoms. The number of aromatic nitrogens is 4. The van der Waals surface area contributed by atoms with Crippen molar-refractivity contribution in [2.45, 2.75) is 0 Å². The first-order valence-corrected chi connectivity index (χ1v) is 1.79. The fraction of sp³-hybridized carbons (Fsp3) is 0. The fourth-order valence-electron chi connectivity index (χ4n) is 0.259. The molecule has 41 valence electrons. The molecule has 1 rings (SSSR count). The number of rotatable bonds is 2. The second-order valence-corrected chi connectivity index (χ2v) is 0.968. The number of hydrogen-bond acceptors (Lipinski definition) is 4.